The summed E-state index contributed by atoms with van der Waals surface area (Å²) in [6, 6.07) is 6.29. The molecule has 1 aromatic heterocycles. The van der Waals surface area contributed by atoms with Crippen molar-refractivity contribution in [3.8, 4) is 0 Å². The van der Waals surface area contributed by atoms with Crippen LogP contribution in [0, 0.1) is 5.82 Å². The van der Waals surface area contributed by atoms with Crippen molar-refractivity contribution in [3.05, 3.63) is 54.8 Å². The van der Waals surface area contributed by atoms with Gasteiger partial charge in [0.25, 0.3) is 5.91 Å². The Hall–Kier alpha value is -0.720. The van der Waals surface area contributed by atoms with E-state index >= 15 is 0 Å². The molecule has 0 radical (unpaired) electrons. The van der Waals surface area contributed by atoms with E-state index in [-0.39, 0.29) is 5.56 Å². The van der Waals surface area contributed by atoms with Crippen molar-refractivity contribution in [3.63, 3.8) is 0 Å². The van der Waals surface area contributed by atoms with Crippen LogP contribution in [0.15, 0.2) is 38.6 Å². The van der Waals surface area contributed by atoms with Crippen molar-refractivity contribution in [1.82, 2.24) is 5.32 Å². The number of carbonyl (C=O) groups excluding carboxylic acids is 1. The van der Waals surface area contributed by atoms with E-state index in [0.717, 1.165) is 9.35 Å². The van der Waals surface area contributed by atoms with Crippen LogP contribution in [0.5, 0.6) is 0 Å². The summed E-state index contributed by atoms with van der Waals surface area (Å²) in [6.45, 7) is 0.393. The second kappa shape index (κ2) is 5.95. The Morgan fingerprint density at radius 3 is 2.67 bits per heavy atom. The fourth-order valence-electron chi connectivity index (χ4n) is 1.38. The van der Waals surface area contributed by atoms with Crippen molar-refractivity contribution < 1.29 is 9.18 Å². The van der Waals surface area contributed by atoms with Crippen molar-refractivity contribution in [2.24, 2.45) is 0 Å². The predicted molar refractivity (Wildman–Crippen MR) is 77.3 cm³/mol. The normalized spacial score (nSPS) is 10.4. The first-order valence-corrected chi connectivity index (χ1v) is 7.49. The summed E-state index contributed by atoms with van der Waals surface area (Å²) in [5.41, 5.74) is 0.0498. The van der Waals surface area contributed by atoms with Crippen molar-refractivity contribution >= 4 is 49.1 Å². The Labute approximate surface area is 124 Å². The highest BCUT2D eigenvalue weighted by Gasteiger charge is 2.11. The van der Waals surface area contributed by atoms with Gasteiger partial charge in [-0.05, 0) is 40.2 Å². The Morgan fingerprint density at radius 1 is 1.28 bits per heavy atom. The van der Waals surface area contributed by atoms with Gasteiger partial charge in [0.1, 0.15) is 5.82 Å². The molecule has 6 heteroatoms. The maximum atomic E-state index is 13.5. The predicted octanol–water partition coefficient (Wildman–Crippen LogP) is 4.34. The second-order valence-electron chi connectivity index (χ2n) is 3.54. The fourth-order valence-corrected chi connectivity index (χ4v) is 3.11. The third-order valence-corrected chi connectivity index (χ3v) is 4.41. The molecule has 94 valence electrons. The number of amides is 1. The first kappa shape index (κ1) is 13.7. The minimum absolute atomic E-state index is 0.0498. The van der Waals surface area contributed by atoms with Crippen LogP contribution in [0.1, 0.15) is 15.2 Å². The number of nitrogens with one attached hydrogen (secondary N) is 1. The van der Waals surface area contributed by atoms with Gasteiger partial charge in [-0.25, -0.2) is 4.39 Å². The molecule has 0 saturated heterocycles. The summed E-state index contributed by atoms with van der Waals surface area (Å²) in [7, 11) is 0. The zero-order chi connectivity index (χ0) is 13.1. The Bertz CT molecular complexity index is 585. The van der Waals surface area contributed by atoms with E-state index in [1.807, 2.05) is 11.4 Å². The lowest BCUT2D eigenvalue weighted by atomic mass is 10.2. The summed E-state index contributed by atoms with van der Waals surface area (Å²) < 4.78 is 15.1. The third kappa shape index (κ3) is 3.40. The third-order valence-electron chi connectivity index (χ3n) is 2.22. The topological polar surface area (TPSA) is 29.1 Å². The number of thiophene rings is 1. The lowest BCUT2D eigenvalue weighted by Gasteiger charge is -2.05. The van der Waals surface area contributed by atoms with Crippen LogP contribution >= 0.6 is 43.2 Å². The van der Waals surface area contributed by atoms with E-state index < -0.39 is 11.7 Å². The van der Waals surface area contributed by atoms with Crippen molar-refractivity contribution in [2.75, 3.05) is 0 Å². The summed E-state index contributed by atoms with van der Waals surface area (Å²) in [5, 5.41) is 4.62. The average molecular weight is 393 g/mol. The van der Waals surface area contributed by atoms with Crippen LogP contribution in [0.3, 0.4) is 0 Å². The van der Waals surface area contributed by atoms with Gasteiger partial charge in [0.15, 0.2) is 0 Å². The fraction of sp³-hybridized carbons (Fsp3) is 0.0833. The van der Waals surface area contributed by atoms with Crippen molar-refractivity contribution in [2.45, 2.75) is 6.54 Å². The molecule has 0 aliphatic heterocycles. The average Bonchev–Trinajstić information content (AvgIpc) is 2.72. The largest absolute Gasteiger partial charge is 0.347 e. The molecule has 18 heavy (non-hydrogen) atoms. The van der Waals surface area contributed by atoms with Gasteiger partial charge in [-0.2, -0.15) is 0 Å². The molecule has 0 saturated carbocycles. The molecule has 0 atom stereocenters. The van der Waals surface area contributed by atoms with Crippen molar-refractivity contribution in [1.29, 1.82) is 0 Å². The van der Waals surface area contributed by atoms with Gasteiger partial charge in [-0.15, -0.1) is 11.3 Å². The lowest BCUT2D eigenvalue weighted by Crippen LogP contribution is -2.23. The van der Waals surface area contributed by atoms with Crippen LogP contribution in [-0.4, -0.2) is 5.91 Å². The first-order chi connectivity index (χ1) is 8.56. The van der Waals surface area contributed by atoms with Gasteiger partial charge in [0, 0.05) is 19.2 Å². The SMILES string of the molecule is O=C(NCc1cc(Br)cs1)c1ccc(Br)cc1F. The molecule has 0 aliphatic rings. The Morgan fingerprint density at radius 2 is 2.06 bits per heavy atom. The second-order valence-corrected chi connectivity index (χ2v) is 6.37. The smallest absolute Gasteiger partial charge is 0.254 e. The van der Waals surface area contributed by atoms with E-state index in [0.29, 0.717) is 11.0 Å². The highest BCUT2D eigenvalue weighted by atomic mass is 79.9. The molecule has 1 aromatic carbocycles. The molecule has 1 amide bonds. The van der Waals surface area contributed by atoms with Gasteiger partial charge in [0.2, 0.25) is 0 Å². The molecular weight excluding hydrogens is 385 g/mol. The molecule has 0 spiro atoms. The molecule has 0 aliphatic carbocycles. The van der Waals surface area contributed by atoms with Gasteiger partial charge < -0.3 is 5.32 Å². The number of benzene rings is 1. The molecule has 2 rings (SSSR count). The summed E-state index contributed by atoms with van der Waals surface area (Å²) in [4.78, 5) is 12.8. The maximum Gasteiger partial charge on any atom is 0.254 e. The van der Waals surface area contributed by atoms with E-state index in [1.165, 1.54) is 23.5 Å². The zero-order valence-electron chi connectivity index (χ0n) is 9.04. The monoisotopic (exact) mass is 391 g/mol. The molecule has 2 nitrogen and oxygen atoms in total. The number of carbonyl (C=O) groups is 1. The molecule has 0 unspecified atom stereocenters. The number of hydrogen-bond donors (Lipinski definition) is 1. The summed E-state index contributed by atoms with van der Waals surface area (Å²) >= 11 is 8.02. The molecular formula is C12H8Br2FNOS. The number of rotatable bonds is 3. The number of hydrogen-bond acceptors (Lipinski definition) is 2. The minimum Gasteiger partial charge on any atom is -0.347 e. The van der Waals surface area contributed by atoms with Gasteiger partial charge in [-0.3, -0.25) is 4.79 Å². The van der Waals surface area contributed by atoms with Crippen LogP contribution in [0.4, 0.5) is 4.39 Å². The standard InChI is InChI=1S/C12H8Br2FNOS/c13-7-1-2-10(11(15)4-7)12(17)16-5-9-3-8(14)6-18-9/h1-4,6H,5H2,(H,16,17). The lowest BCUT2D eigenvalue weighted by molar-refractivity contribution is 0.0947. The van der Waals surface area contributed by atoms with Crippen LogP contribution in [0.2, 0.25) is 0 Å². The minimum atomic E-state index is -0.533. The number of halogens is 3. The van der Waals surface area contributed by atoms with Gasteiger partial charge in [0.05, 0.1) is 12.1 Å². The molecule has 1 N–H and O–H groups in total. The van der Waals surface area contributed by atoms with Gasteiger partial charge in [-0.1, -0.05) is 15.9 Å². The van der Waals surface area contributed by atoms with Crippen LogP contribution in [-0.2, 0) is 6.54 Å². The highest BCUT2D eigenvalue weighted by Crippen LogP contribution is 2.20. The van der Waals surface area contributed by atoms with E-state index in [4.69, 9.17) is 0 Å². The van der Waals surface area contributed by atoms with Crippen LogP contribution in [0.25, 0.3) is 0 Å². The summed E-state index contributed by atoms with van der Waals surface area (Å²) in [6.07, 6.45) is 0. The Balaban J connectivity index is 2.03. The quantitative estimate of drug-likeness (QED) is 0.826. The molecule has 0 fully saturated rings. The van der Waals surface area contributed by atoms with E-state index in [9.17, 15) is 9.18 Å². The van der Waals surface area contributed by atoms with Crippen LogP contribution < -0.4 is 5.32 Å². The first-order valence-electron chi connectivity index (χ1n) is 5.02. The molecule has 0 bridgehead atoms. The van der Waals surface area contributed by atoms with E-state index in [1.54, 1.807) is 6.07 Å². The van der Waals surface area contributed by atoms with Gasteiger partial charge >= 0.3 is 0 Å². The molecule has 2 aromatic rings. The Kier molecular flexibility index (Phi) is 4.53. The molecule has 1 heterocycles. The zero-order valence-corrected chi connectivity index (χ0v) is 13.0. The highest BCUT2D eigenvalue weighted by molar-refractivity contribution is 9.10. The maximum absolute atomic E-state index is 13.5. The van der Waals surface area contributed by atoms with E-state index in [2.05, 4.69) is 37.2 Å². The summed E-state index contributed by atoms with van der Waals surface area (Å²) in [5.74, 6) is -0.946.